The Hall–Kier alpha value is -0.930. The van der Waals surface area contributed by atoms with Crippen molar-refractivity contribution < 1.29 is 0 Å². The average Bonchev–Trinajstić information content (AvgIpc) is 2.25. The van der Waals surface area contributed by atoms with Gasteiger partial charge in [0.25, 0.3) is 0 Å². The highest BCUT2D eigenvalue weighted by Crippen LogP contribution is 2.30. The van der Waals surface area contributed by atoms with Crippen LogP contribution in [0.5, 0.6) is 0 Å². The number of likely N-dealkylation sites (N-methyl/N-ethyl adjacent to an activating group) is 1. The molecule has 1 saturated carbocycles. The van der Waals surface area contributed by atoms with Gasteiger partial charge in [0.05, 0.1) is 11.7 Å². The molecule has 3 nitrogen and oxygen atoms in total. The van der Waals surface area contributed by atoms with Gasteiger partial charge in [-0.25, -0.2) is 0 Å². The third kappa shape index (κ3) is 3.05. The lowest BCUT2D eigenvalue weighted by molar-refractivity contribution is 0.146. The molecule has 3 heteroatoms. The van der Waals surface area contributed by atoms with Crippen molar-refractivity contribution in [2.24, 2.45) is 11.7 Å². The molecule has 2 unspecified atom stereocenters. The van der Waals surface area contributed by atoms with Crippen molar-refractivity contribution in [3.63, 3.8) is 0 Å². The molecule has 94 valence electrons. The van der Waals surface area contributed by atoms with Gasteiger partial charge in [-0.1, -0.05) is 12.5 Å². The van der Waals surface area contributed by atoms with Crippen LogP contribution < -0.4 is 5.73 Å². The molecule has 17 heavy (non-hydrogen) atoms. The van der Waals surface area contributed by atoms with Gasteiger partial charge in [-0.15, -0.1) is 0 Å². The van der Waals surface area contributed by atoms with Gasteiger partial charge < -0.3 is 5.73 Å². The molecule has 0 radical (unpaired) electrons. The number of pyridine rings is 1. The highest BCUT2D eigenvalue weighted by molar-refractivity contribution is 5.11. The lowest BCUT2D eigenvalue weighted by atomic mass is 9.84. The molecule has 2 rings (SSSR count). The van der Waals surface area contributed by atoms with Gasteiger partial charge in [0.15, 0.2) is 0 Å². The first kappa shape index (κ1) is 12.5. The van der Waals surface area contributed by atoms with E-state index in [0.29, 0.717) is 0 Å². The number of hydrogen-bond acceptors (Lipinski definition) is 3. The van der Waals surface area contributed by atoms with E-state index in [1.807, 2.05) is 18.3 Å². The largest absolute Gasteiger partial charge is 0.326 e. The summed E-state index contributed by atoms with van der Waals surface area (Å²) in [4.78, 5) is 6.82. The summed E-state index contributed by atoms with van der Waals surface area (Å²) in [7, 11) is 2.17. The predicted octanol–water partition coefficient (Wildman–Crippen LogP) is 2.20. The Labute approximate surface area is 104 Å². The minimum absolute atomic E-state index is 0.106. The standard InChI is InChI=1S/C14H23N3/c1-11(15)14(13-8-3-4-9-16-13)17(2)10-12-6-5-7-12/h3-4,8-9,11-12,14H,5-7,10,15H2,1-2H3. The van der Waals surface area contributed by atoms with Crippen LogP contribution in [-0.2, 0) is 0 Å². The number of rotatable bonds is 5. The minimum atomic E-state index is 0.106. The highest BCUT2D eigenvalue weighted by atomic mass is 15.2. The highest BCUT2D eigenvalue weighted by Gasteiger charge is 2.26. The van der Waals surface area contributed by atoms with Gasteiger partial charge in [-0.3, -0.25) is 9.88 Å². The maximum absolute atomic E-state index is 6.12. The summed E-state index contributed by atoms with van der Waals surface area (Å²) in [6.07, 6.45) is 5.99. The Morgan fingerprint density at radius 2 is 2.24 bits per heavy atom. The number of aromatic nitrogens is 1. The smallest absolute Gasteiger partial charge is 0.0668 e. The van der Waals surface area contributed by atoms with Gasteiger partial charge in [-0.05, 0) is 44.9 Å². The van der Waals surface area contributed by atoms with Crippen molar-refractivity contribution >= 4 is 0 Å². The van der Waals surface area contributed by atoms with Crippen LogP contribution in [0, 0.1) is 5.92 Å². The van der Waals surface area contributed by atoms with Crippen LogP contribution in [0.3, 0.4) is 0 Å². The zero-order valence-electron chi connectivity index (χ0n) is 10.8. The summed E-state index contributed by atoms with van der Waals surface area (Å²) in [5.74, 6) is 0.866. The molecule has 1 aliphatic carbocycles. The van der Waals surface area contributed by atoms with Crippen LogP contribution in [0.1, 0.15) is 37.9 Å². The summed E-state index contributed by atoms with van der Waals surface area (Å²) in [5, 5.41) is 0. The Morgan fingerprint density at radius 1 is 1.47 bits per heavy atom. The summed E-state index contributed by atoms with van der Waals surface area (Å²) in [6, 6.07) is 6.40. The Kier molecular flexibility index (Phi) is 4.13. The Bertz CT molecular complexity index is 333. The fourth-order valence-electron chi connectivity index (χ4n) is 2.64. The lowest BCUT2D eigenvalue weighted by Crippen LogP contribution is -2.41. The molecule has 2 N–H and O–H groups in total. The molecule has 1 aromatic heterocycles. The molecule has 0 saturated heterocycles. The molecule has 0 aromatic carbocycles. The van der Waals surface area contributed by atoms with Crippen molar-refractivity contribution in [2.75, 3.05) is 13.6 Å². The van der Waals surface area contributed by atoms with E-state index in [2.05, 4.69) is 29.9 Å². The van der Waals surface area contributed by atoms with E-state index in [1.54, 1.807) is 0 Å². The molecule has 1 aliphatic rings. The Balaban J connectivity index is 2.05. The molecular formula is C14H23N3. The van der Waals surface area contributed by atoms with Gasteiger partial charge in [0, 0.05) is 18.8 Å². The number of nitrogens with two attached hydrogens (primary N) is 1. The normalized spacial score (nSPS) is 20.0. The molecule has 0 bridgehead atoms. The maximum Gasteiger partial charge on any atom is 0.0668 e. The van der Waals surface area contributed by atoms with Gasteiger partial charge in [-0.2, -0.15) is 0 Å². The topological polar surface area (TPSA) is 42.1 Å². The zero-order valence-corrected chi connectivity index (χ0v) is 10.8. The summed E-state index contributed by atoms with van der Waals surface area (Å²) >= 11 is 0. The molecule has 1 aromatic rings. The first-order valence-corrected chi connectivity index (χ1v) is 6.55. The van der Waals surface area contributed by atoms with Crippen molar-refractivity contribution in [2.45, 2.75) is 38.3 Å². The van der Waals surface area contributed by atoms with Crippen LogP contribution in [0.25, 0.3) is 0 Å². The first-order valence-electron chi connectivity index (χ1n) is 6.55. The van der Waals surface area contributed by atoms with Crippen molar-refractivity contribution in [1.82, 2.24) is 9.88 Å². The fourth-order valence-corrected chi connectivity index (χ4v) is 2.64. The first-order chi connectivity index (χ1) is 8.18. The quantitative estimate of drug-likeness (QED) is 0.847. The molecule has 1 heterocycles. The van der Waals surface area contributed by atoms with E-state index in [-0.39, 0.29) is 12.1 Å². The molecule has 2 atom stereocenters. The number of hydrogen-bond donors (Lipinski definition) is 1. The van der Waals surface area contributed by atoms with Crippen molar-refractivity contribution in [1.29, 1.82) is 0 Å². The fraction of sp³-hybridized carbons (Fsp3) is 0.643. The van der Waals surface area contributed by atoms with Crippen LogP contribution in [-0.4, -0.2) is 29.5 Å². The van der Waals surface area contributed by atoms with Crippen LogP contribution >= 0.6 is 0 Å². The second-order valence-electron chi connectivity index (χ2n) is 5.30. The summed E-state index contributed by atoms with van der Waals surface area (Å²) in [6.45, 7) is 3.21. The van der Waals surface area contributed by atoms with E-state index in [9.17, 15) is 0 Å². The molecule has 0 amide bonds. The minimum Gasteiger partial charge on any atom is -0.326 e. The molecular weight excluding hydrogens is 210 g/mol. The van der Waals surface area contributed by atoms with Crippen molar-refractivity contribution in [3.8, 4) is 0 Å². The van der Waals surface area contributed by atoms with E-state index in [1.165, 1.54) is 19.3 Å². The van der Waals surface area contributed by atoms with E-state index in [0.717, 1.165) is 18.2 Å². The SMILES string of the molecule is CC(N)C(c1ccccn1)N(C)CC1CCC1. The summed E-state index contributed by atoms with van der Waals surface area (Å²) < 4.78 is 0. The average molecular weight is 233 g/mol. The summed E-state index contributed by atoms with van der Waals surface area (Å²) in [5.41, 5.74) is 7.21. The van der Waals surface area contributed by atoms with E-state index >= 15 is 0 Å². The maximum atomic E-state index is 6.12. The van der Waals surface area contributed by atoms with E-state index in [4.69, 9.17) is 5.73 Å². The molecule has 1 fully saturated rings. The number of nitrogens with zero attached hydrogens (tertiary/aromatic N) is 2. The van der Waals surface area contributed by atoms with Gasteiger partial charge >= 0.3 is 0 Å². The third-order valence-electron chi connectivity index (χ3n) is 3.73. The second-order valence-corrected chi connectivity index (χ2v) is 5.30. The third-order valence-corrected chi connectivity index (χ3v) is 3.73. The van der Waals surface area contributed by atoms with Crippen LogP contribution in [0.15, 0.2) is 24.4 Å². The van der Waals surface area contributed by atoms with Crippen LogP contribution in [0.4, 0.5) is 0 Å². The van der Waals surface area contributed by atoms with Crippen molar-refractivity contribution in [3.05, 3.63) is 30.1 Å². The second kappa shape index (κ2) is 5.61. The Morgan fingerprint density at radius 3 is 2.71 bits per heavy atom. The zero-order chi connectivity index (χ0) is 12.3. The van der Waals surface area contributed by atoms with Crippen LogP contribution in [0.2, 0.25) is 0 Å². The van der Waals surface area contributed by atoms with E-state index < -0.39 is 0 Å². The van der Waals surface area contributed by atoms with Gasteiger partial charge in [0.1, 0.15) is 0 Å². The molecule has 0 aliphatic heterocycles. The molecule has 0 spiro atoms. The monoisotopic (exact) mass is 233 g/mol. The lowest BCUT2D eigenvalue weighted by Gasteiger charge is -2.36. The predicted molar refractivity (Wildman–Crippen MR) is 70.6 cm³/mol. The van der Waals surface area contributed by atoms with Gasteiger partial charge in [0.2, 0.25) is 0 Å².